The number of ether oxygens (including phenoxy) is 2. The van der Waals surface area contributed by atoms with Crippen LogP contribution in [0.3, 0.4) is 0 Å². The van der Waals surface area contributed by atoms with Crippen molar-refractivity contribution in [2.45, 2.75) is 24.7 Å². The number of fused-ring (bicyclic) bond motifs is 3. The molecular formula is C17H14O3. The Labute approximate surface area is 116 Å². The zero-order valence-corrected chi connectivity index (χ0v) is 10.9. The van der Waals surface area contributed by atoms with Gasteiger partial charge in [-0.2, -0.15) is 0 Å². The first-order valence-electron chi connectivity index (χ1n) is 6.84. The Bertz CT molecular complexity index is 714. The molecule has 2 atom stereocenters. The molecule has 2 bridgehead atoms. The van der Waals surface area contributed by atoms with Crippen LogP contribution in [0.25, 0.3) is 10.8 Å². The molecule has 0 radical (unpaired) electrons. The zero-order chi connectivity index (χ0) is 13.6. The molecule has 1 fully saturated rings. The van der Waals surface area contributed by atoms with Crippen LogP contribution in [0, 0.1) is 0 Å². The van der Waals surface area contributed by atoms with Crippen LogP contribution in [-0.4, -0.2) is 17.9 Å². The lowest BCUT2D eigenvalue weighted by Crippen LogP contribution is -2.30. The van der Waals surface area contributed by atoms with Gasteiger partial charge in [-0.05, 0) is 29.3 Å². The fourth-order valence-electron chi connectivity index (χ4n) is 2.95. The van der Waals surface area contributed by atoms with Gasteiger partial charge in [0.1, 0.15) is 0 Å². The molecular weight excluding hydrogens is 252 g/mol. The molecule has 0 N–H and O–H groups in total. The van der Waals surface area contributed by atoms with E-state index in [1.54, 1.807) is 6.07 Å². The van der Waals surface area contributed by atoms with Gasteiger partial charge in [-0.25, -0.2) is 4.79 Å². The predicted octanol–water partition coefficient (Wildman–Crippen LogP) is 3.44. The van der Waals surface area contributed by atoms with E-state index in [2.05, 4.69) is 0 Å². The topological polar surface area (TPSA) is 35.5 Å². The molecule has 0 aliphatic carbocycles. The molecule has 2 aromatic carbocycles. The summed E-state index contributed by atoms with van der Waals surface area (Å²) in [6, 6.07) is 13.5. The highest BCUT2D eigenvalue weighted by molar-refractivity contribution is 6.04. The van der Waals surface area contributed by atoms with Crippen molar-refractivity contribution in [2.24, 2.45) is 0 Å². The quantitative estimate of drug-likeness (QED) is 0.617. The van der Waals surface area contributed by atoms with Gasteiger partial charge in [-0.3, -0.25) is 0 Å². The normalized spacial score (nSPS) is 27.1. The first-order chi connectivity index (χ1) is 9.76. The van der Waals surface area contributed by atoms with E-state index >= 15 is 0 Å². The van der Waals surface area contributed by atoms with Gasteiger partial charge in [0.25, 0.3) is 0 Å². The van der Waals surface area contributed by atoms with Gasteiger partial charge in [-0.1, -0.05) is 42.5 Å². The minimum absolute atomic E-state index is 0.107. The van der Waals surface area contributed by atoms with Crippen LogP contribution >= 0.6 is 0 Å². The van der Waals surface area contributed by atoms with E-state index in [4.69, 9.17) is 9.47 Å². The number of hydrogen-bond donors (Lipinski definition) is 0. The average Bonchev–Trinajstić information content (AvgIpc) is 3.06. The molecule has 2 aliphatic heterocycles. The second-order valence-corrected chi connectivity index (χ2v) is 5.28. The molecule has 0 spiro atoms. The number of esters is 1. The van der Waals surface area contributed by atoms with E-state index in [0.29, 0.717) is 5.56 Å². The maximum absolute atomic E-state index is 12.5. The van der Waals surface area contributed by atoms with E-state index in [1.807, 2.05) is 48.6 Å². The standard InChI is InChI=1S/C17H14O3/c18-16(20-17-10-8-13(19-17)9-11-17)15-7-3-5-12-4-1-2-6-14(12)15/h1-8,10,13H,9,11H2. The molecule has 1 saturated heterocycles. The van der Waals surface area contributed by atoms with Crippen molar-refractivity contribution in [3.05, 3.63) is 60.2 Å². The van der Waals surface area contributed by atoms with Crippen molar-refractivity contribution in [1.29, 1.82) is 0 Å². The molecule has 0 aromatic heterocycles. The summed E-state index contributed by atoms with van der Waals surface area (Å²) >= 11 is 0. The minimum Gasteiger partial charge on any atom is -0.426 e. The third-order valence-electron chi connectivity index (χ3n) is 3.97. The Balaban J connectivity index is 1.69. The van der Waals surface area contributed by atoms with Crippen molar-refractivity contribution >= 4 is 16.7 Å². The second kappa shape index (κ2) is 4.18. The molecule has 100 valence electrons. The summed E-state index contributed by atoms with van der Waals surface area (Å²) in [6.45, 7) is 0. The molecule has 0 amide bonds. The van der Waals surface area contributed by atoms with Crippen molar-refractivity contribution in [3.8, 4) is 0 Å². The Morgan fingerprint density at radius 2 is 2.05 bits per heavy atom. The third kappa shape index (κ3) is 1.74. The molecule has 2 aromatic rings. The summed E-state index contributed by atoms with van der Waals surface area (Å²) in [7, 11) is 0. The molecule has 2 heterocycles. The Morgan fingerprint density at radius 3 is 2.80 bits per heavy atom. The van der Waals surface area contributed by atoms with Crippen molar-refractivity contribution < 1.29 is 14.3 Å². The van der Waals surface area contributed by atoms with Crippen LogP contribution in [0.4, 0.5) is 0 Å². The van der Waals surface area contributed by atoms with Crippen LogP contribution < -0.4 is 0 Å². The summed E-state index contributed by atoms with van der Waals surface area (Å²) in [5.74, 6) is -1.16. The molecule has 2 aliphatic rings. The van der Waals surface area contributed by atoms with E-state index in [-0.39, 0.29) is 12.1 Å². The number of carbonyl (C=O) groups excluding carboxylic acids is 1. The SMILES string of the molecule is O=C(OC12C=CC(CC1)O2)c1cccc2ccccc12. The van der Waals surface area contributed by atoms with Crippen LogP contribution in [0.2, 0.25) is 0 Å². The molecule has 2 unspecified atom stereocenters. The molecule has 4 rings (SSSR count). The summed E-state index contributed by atoms with van der Waals surface area (Å²) in [5.41, 5.74) is 0.588. The summed E-state index contributed by atoms with van der Waals surface area (Å²) in [5, 5.41) is 1.94. The smallest absolute Gasteiger partial charge is 0.341 e. The lowest BCUT2D eigenvalue weighted by Gasteiger charge is -2.22. The van der Waals surface area contributed by atoms with Crippen molar-refractivity contribution in [2.75, 3.05) is 0 Å². The molecule has 3 heteroatoms. The Hall–Kier alpha value is -2.13. The third-order valence-corrected chi connectivity index (χ3v) is 3.97. The summed E-state index contributed by atoms with van der Waals surface area (Å²) < 4.78 is 11.3. The maximum Gasteiger partial charge on any atom is 0.341 e. The monoisotopic (exact) mass is 266 g/mol. The van der Waals surface area contributed by atoms with Crippen molar-refractivity contribution in [1.82, 2.24) is 0 Å². The second-order valence-electron chi connectivity index (χ2n) is 5.28. The molecule has 0 saturated carbocycles. The van der Waals surface area contributed by atoms with Gasteiger partial charge in [0.15, 0.2) is 0 Å². The number of benzene rings is 2. The van der Waals surface area contributed by atoms with Crippen molar-refractivity contribution in [3.63, 3.8) is 0 Å². The Morgan fingerprint density at radius 1 is 1.20 bits per heavy atom. The minimum atomic E-state index is -0.835. The highest BCUT2D eigenvalue weighted by atomic mass is 16.7. The lowest BCUT2D eigenvalue weighted by molar-refractivity contribution is -0.140. The highest BCUT2D eigenvalue weighted by Crippen LogP contribution is 2.39. The predicted molar refractivity (Wildman–Crippen MR) is 75.3 cm³/mol. The van der Waals surface area contributed by atoms with E-state index in [9.17, 15) is 4.79 Å². The van der Waals surface area contributed by atoms with E-state index in [0.717, 1.165) is 23.6 Å². The fourth-order valence-corrected chi connectivity index (χ4v) is 2.95. The van der Waals surface area contributed by atoms with Crippen LogP contribution in [-0.2, 0) is 9.47 Å². The largest absolute Gasteiger partial charge is 0.426 e. The number of rotatable bonds is 2. The van der Waals surface area contributed by atoms with Gasteiger partial charge >= 0.3 is 5.97 Å². The summed E-state index contributed by atoms with van der Waals surface area (Å²) in [6.07, 6.45) is 5.60. The van der Waals surface area contributed by atoms with Gasteiger partial charge in [0.2, 0.25) is 5.79 Å². The Kier molecular flexibility index (Phi) is 2.44. The van der Waals surface area contributed by atoms with E-state index < -0.39 is 5.79 Å². The number of carbonyl (C=O) groups is 1. The van der Waals surface area contributed by atoms with E-state index in [1.165, 1.54) is 0 Å². The van der Waals surface area contributed by atoms with Crippen LogP contribution in [0.5, 0.6) is 0 Å². The lowest BCUT2D eigenvalue weighted by atomic mass is 10.0. The number of hydrogen-bond acceptors (Lipinski definition) is 3. The molecule has 20 heavy (non-hydrogen) atoms. The average molecular weight is 266 g/mol. The van der Waals surface area contributed by atoms with Gasteiger partial charge in [0, 0.05) is 6.42 Å². The first kappa shape index (κ1) is 11.7. The molecule has 3 nitrogen and oxygen atoms in total. The van der Waals surface area contributed by atoms with Gasteiger partial charge < -0.3 is 9.47 Å². The van der Waals surface area contributed by atoms with Gasteiger partial charge in [0.05, 0.1) is 11.7 Å². The maximum atomic E-state index is 12.5. The highest BCUT2D eigenvalue weighted by Gasteiger charge is 2.45. The van der Waals surface area contributed by atoms with Gasteiger partial charge in [-0.15, -0.1) is 0 Å². The fraction of sp³-hybridized carbons (Fsp3) is 0.235. The zero-order valence-electron chi connectivity index (χ0n) is 10.9. The summed E-state index contributed by atoms with van der Waals surface area (Å²) in [4.78, 5) is 12.5. The van der Waals surface area contributed by atoms with Crippen LogP contribution in [0.15, 0.2) is 54.6 Å². The first-order valence-corrected chi connectivity index (χ1v) is 6.84. The van der Waals surface area contributed by atoms with Crippen LogP contribution in [0.1, 0.15) is 23.2 Å².